The first-order chi connectivity index (χ1) is 10.1. The van der Waals surface area contributed by atoms with Gasteiger partial charge in [-0.3, -0.25) is 0 Å². The molecular weight excluding hydrogens is 273 g/mol. The van der Waals surface area contributed by atoms with Crippen LogP contribution in [-0.2, 0) is 6.42 Å². The van der Waals surface area contributed by atoms with Gasteiger partial charge in [-0.15, -0.1) is 0 Å². The van der Waals surface area contributed by atoms with Gasteiger partial charge in [-0.05, 0) is 41.1 Å². The molecule has 3 rings (SSSR count). The number of fused-ring (bicyclic) bond motifs is 1. The molecule has 0 bridgehead atoms. The largest absolute Gasteiger partial charge is 0.206 e. The lowest BCUT2D eigenvalue weighted by Crippen LogP contribution is -1.90. The minimum absolute atomic E-state index is 0.198. The molecule has 3 aromatic rings. The Morgan fingerprint density at radius 1 is 0.810 bits per heavy atom. The van der Waals surface area contributed by atoms with E-state index < -0.39 is 11.6 Å². The summed E-state index contributed by atoms with van der Waals surface area (Å²) in [6, 6.07) is 12.4. The molecular formula is C18H13F3. The first-order valence-electron chi connectivity index (χ1n) is 6.76. The van der Waals surface area contributed by atoms with E-state index in [4.69, 9.17) is 0 Å². The number of aryl methyl sites for hydroxylation is 1. The standard InChI is InChI=1S/C18H13F3/c1-2-11-3-6-14(17(20)9-11)12-4-7-15-13(10-12)5-8-16(19)18(15)21/h3-10H,2H2,1H3. The Labute approximate surface area is 120 Å². The van der Waals surface area contributed by atoms with Crippen molar-refractivity contribution in [2.24, 2.45) is 0 Å². The zero-order chi connectivity index (χ0) is 15.0. The van der Waals surface area contributed by atoms with Gasteiger partial charge in [-0.2, -0.15) is 0 Å². The second-order valence-corrected chi connectivity index (χ2v) is 4.97. The van der Waals surface area contributed by atoms with E-state index in [9.17, 15) is 13.2 Å². The Kier molecular flexibility index (Phi) is 3.42. The minimum atomic E-state index is -0.881. The first kappa shape index (κ1) is 13.7. The SMILES string of the molecule is CCc1ccc(-c2ccc3c(F)c(F)ccc3c2)c(F)c1. The third kappa shape index (κ3) is 2.40. The summed E-state index contributed by atoms with van der Waals surface area (Å²) >= 11 is 0. The van der Waals surface area contributed by atoms with E-state index in [0.29, 0.717) is 16.5 Å². The summed E-state index contributed by atoms with van der Waals surface area (Å²) < 4.78 is 41.0. The summed E-state index contributed by atoms with van der Waals surface area (Å²) in [5.74, 6) is -2.06. The smallest absolute Gasteiger partial charge is 0.166 e. The van der Waals surface area contributed by atoms with E-state index in [0.717, 1.165) is 18.1 Å². The highest BCUT2D eigenvalue weighted by atomic mass is 19.2. The van der Waals surface area contributed by atoms with E-state index in [1.165, 1.54) is 18.2 Å². The van der Waals surface area contributed by atoms with E-state index in [1.807, 2.05) is 13.0 Å². The van der Waals surface area contributed by atoms with Crippen LogP contribution in [0.25, 0.3) is 21.9 Å². The van der Waals surface area contributed by atoms with Crippen molar-refractivity contribution >= 4 is 10.8 Å². The highest BCUT2D eigenvalue weighted by molar-refractivity contribution is 5.88. The fourth-order valence-corrected chi connectivity index (χ4v) is 2.45. The maximum Gasteiger partial charge on any atom is 0.166 e. The van der Waals surface area contributed by atoms with Crippen molar-refractivity contribution in [2.75, 3.05) is 0 Å². The van der Waals surface area contributed by atoms with Crippen LogP contribution in [0, 0.1) is 17.5 Å². The van der Waals surface area contributed by atoms with Gasteiger partial charge >= 0.3 is 0 Å². The van der Waals surface area contributed by atoms with Crippen molar-refractivity contribution in [3.63, 3.8) is 0 Å². The third-order valence-corrected chi connectivity index (χ3v) is 3.66. The monoisotopic (exact) mass is 286 g/mol. The Bertz CT molecular complexity index is 822. The fraction of sp³-hybridized carbons (Fsp3) is 0.111. The van der Waals surface area contributed by atoms with Crippen LogP contribution in [0.4, 0.5) is 13.2 Å². The summed E-state index contributed by atoms with van der Waals surface area (Å²) in [5, 5.41) is 0.745. The highest BCUT2D eigenvalue weighted by Gasteiger charge is 2.10. The van der Waals surface area contributed by atoms with Crippen LogP contribution in [0.15, 0.2) is 48.5 Å². The van der Waals surface area contributed by atoms with Gasteiger partial charge < -0.3 is 0 Å². The predicted molar refractivity (Wildman–Crippen MR) is 78.6 cm³/mol. The van der Waals surface area contributed by atoms with Crippen molar-refractivity contribution in [1.82, 2.24) is 0 Å². The zero-order valence-corrected chi connectivity index (χ0v) is 11.5. The second-order valence-electron chi connectivity index (χ2n) is 4.97. The third-order valence-electron chi connectivity index (χ3n) is 3.66. The zero-order valence-electron chi connectivity index (χ0n) is 11.5. The molecule has 106 valence electrons. The molecule has 0 N–H and O–H groups in total. The van der Waals surface area contributed by atoms with Crippen molar-refractivity contribution in [3.8, 4) is 11.1 Å². The van der Waals surface area contributed by atoms with Crippen LogP contribution >= 0.6 is 0 Å². The average Bonchev–Trinajstić information content (AvgIpc) is 2.50. The molecule has 0 fully saturated rings. The number of rotatable bonds is 2. The molecule has 0 radical (unpaired) electrons. The molecule has 0 saturated carbocycles. The van der Waals surface area contributed by atoms with Gasteiger partial charge in [0.2, 0.25) is 0 Å². The maximum absolute atomic E-state index is 14.1. The van der Waals surface area contributed by atoms with Crippen molar-refractivity contribution < 1.29 is 13.2 Å². The van der Waals surface area contributed by atoms with Crippen LogP contribution in [0.3, 0.4) is 0 Å². The summed E-state index contributed by atoms with van der Waals surface area (Å²) in [4.78, 5) is 0. The van der Waals surface area contributed by atoms with Crippen LogP contribution in [-0.4, -0.2) is 0 Å². The Morgan fingerprint density at radius 2 is 1.62 bits per heavy atom. The van der Waals surface area contributed by atoms with Gasteiger partial charge in [-0.25, -0.2) is 13.2 Å². The van der Waals surface area contributed by atoms with Gasteiger partial charge in [-0.1, -0.05) is 37.3 Å². The van der Waals surface area contributed by atoms with Gasteiger partial charge in [0, 0.05) is 10.9 Å². The molecule has 0 amide bonds. The predicted octanol–water partition coefficient (Wildman–Crippen LogP) is 5.49. The quantitative estimate of drug-likeness (QED) is 0.584. The van der Waals surface area contributed by atoms with Gasteiger partial charge in [0.25, 0.3) is 0 Å². The number of benzene rings is 3. The lowest BCUT2D eigenvalue weighted by atomic mass is 9.99. The average molecular weight is 286 g/mol. The lowest BCUT2D eigenvalue weighted by Gasteiger charge is -2.08. The van der Waals surface area contributed by atoms with E-state index in [1.54, 1.807) is 18.2 Å². The summed E-state index contributed by atoms with van der Waals surface area (Å²) in [5.41, 5.74) is 2.03. The van der Waals surface area contributed by atoms with Crippen LogP contribution < -0.4 is 0 Å². The molecule has 0 heterocycles. The van der Waals surface area contributed by atoms with Crippen molar-refractivity contribution in [3.05, 3.63) is 71.5 Å². The molecule has 0 nitrogen and oxygen atoms in total. The van der Waals surface area contributed by atoms with Crippen molar-refractivity contribution in [2.45, 2.75) is 13.3 Å². The van der Waals surface area contributed by atoms with E-state index >= 15 is 0 Å². The molecule has 0 unspecified atom stereocenters. The molecule has 0 spiro atoms. The molecule has 0 aliphatic heterocycles. The molecule has 21 heavy (non-hydrogen) atoms. The second kappa shape index (κ2) is 5.24. The molecule has 0 saturated heterocycles. The van der Waals surface area contributed by atoms with Crippen LogP contribution in [0.5, 0.6) is 0 Å². The highest BCUT2D eigenvalue weighted by Crippen LogP contribution is 2.29. The number of hydrogen-bond donors (Lipinski definition) is 0. The van der Waals surface area contributed by atoms with Crippen LogP contribution in [0.2, 0.25) is 0 Å². The Balaban J connectivity index is 2.15. The summed E-state index contributed by atoms with van der Waals surface area (Å²) in [6.45, 7) is 1.96. The molecule has 0 aromatic heterocycles. The molecule has 0 aliphatic rings. The summed E-state index contributed by atoms with van der Waals surface area (Å²) in [6.07, 6.45) is 0.763. The summed E-state index contributed by atoms with van der Waals surface area (Å²) in [7, 11) is 0. The van der Waals surface area contributed by atoms with Gasteiger partial charge in [0.05, 0.1) is 0 Å². The fourth-order valence-electron chi connectivity index (χ4n) is 2.45. The Morgan fingerprint density at radius 3 is 2.33 bits per heavy atom. The maximum atomic E-state index is 14.1. The topological polar surface area (TPSA) is 0 Å². The molecule has 3 heteroatoms. The number of halogens is 3. The Hall–Kier alpha value is -2.29. The van der Waals surface area contributed by atoms with Crippen LogP contribution in [0.1, 0.15) is 12.5 Å². The number of hydrogen-bond acceptors (Lipinski definition) is 0. The minimum Gasteiger partial charge on any atom is -0.206 e. The van der Waals surface area contributed by atoms with Crippen molar-refractivity contribution in [1.29, 1.82) is 0 Å². The van der Waals surface area contributed by atoms with Gasteiger partial charge in [0.15, 0.2) is 11.6 Å². The lowest BCUT2D eigenvalue weighted by molar-refractivity contribution is 0.517. The van der Waals surface area contributed by atoms with Gasteiger partial charge in [0.1, 0.15) is 5.82 Å². The normalized spacial score (nSPS) is 11.0. The first-order valence-corrected chi connectivity index (χ1v) is 6.76. The molecule has 3 aromatic carbocycles. The molecule has 0 aliphatic carbocycles. The van der Waals surface area contributed by atoms with E-state index in [2.05, 4.69) is 0 Å². The van der Waals surface area contributed by atoms with E-state index in [-0.39, 0.29) is 11.2 Å². The molecule has 0 atom stereocenters.